The molecule has 0 unspecified atom stereocenters. The molecule has 21 heavy (non-hydrogen) atoms. The average molecular weight is 281 g/mol. The van der Waals surface area contributed by atoms with E-state index in [0.717, 1.165) is 40.2 Å². The van der Waals surface area contributed by atoms with Crippen LogP contribution in [0.25, 0.3) is 10.8 Å². The maximum Gasteiger partial charge on any atom is 0.127 e. The summed E-state index contributed by atoms with van der Waals surface area (Å²) >= 11 is 0. The Kier molecular flexibility index (Phi) is 3.25. The molecule has 3 rings (SSSR count). The second kappa shape index (κ2) is 5.09. The van der Waals surface area contributed by atoms with Crippen molar-refractivity contribution >= 4 is 22.1 Å². The molecule has 0 saturated heterocycles. The molecule has 3 aromatic rings. The fourth-order valence-electron chi connectivity index (χ4n) is 2.53. The first kappa shape index (κ1) is 13.4. The molecule has 2 heterocycles. The molecule has 5 nitrogen and oxygen atoms in total. The van der Waals surface area contributed by atoms with E-state index in [1.165, 1.54) is 0 Å². The molecular formula is C16H19N5. The van der Waals surface area contributed by atoms with Crippen molar-refractivity contribution in [2.24, 2.45) is 7.05 Å². The summed E-state index contributed by atoms with van der Waals surface area (Å²) in [6, 6.07) is 6.07. The van der Waals surface area contributed by atoms with Gasteiger partial charge in [0, 0.05) is 60.5 Å². The fraction of sp³-hybridized carbons (Fsp3) is 0.250. The van der Waals surface area contributed by atoms with Gasteiger partial charge in [-0.2, -0.15) is 0 Å². The van der Waals surface area contributed by atoms with E-state index in [1.807, 2.05) is 43.2 Å². The molecule has 0 aliphatic rings. The zero-order chi connectivity index (χ0) is 15.0. The number of nitrogens with zero attached hydrogens (tertiary/aromatic N) is 4. The number of rotatable bonds is 3. The summed E-state index contributed by atoms with van der Waals surface area (Å²) in [5, 5.41) is 2.11. The lowest BCUT2D eigenvalue weighted by molar-refractivity contribution is 0.763. The molecule has 0 aliphatic carbocycles. The molecule has 2 aromatic heterocycles. The van der Waals surface area contributed by atoms with E-state index in [2.05, 4.69) is 34.0 Å². The van der Waals surface area contributed by atoms with Crippen LogP contribution in [0.5, 0.6) is 0 Å². The van der Waals surface area contributed by atoms with Crippen LogP contribution in [0.1, 0.15) is 11.5 Å². The third-order valence-electron chi connectivity index (χ3n) is 3.76. The van der Waals surface area contributed by atoms with Crippen LogP contribution in [-0.2, 0) is 13.6 Å². The number of aryl methyl sites for hydroxylation is 2. The Morgan fingerprint density at radius 2 is 2.05 bits per heavy atom. The molecule has 5 heteroatoms. The lowest BCUT2D eigenvalue weighted by Crippen LogP contribution is -2.19. The smallest absolute Gasteiger partial charge is 0.127 e. The highest BCUT2D eigenvalue weighted by Crippen LogP contribution is 2.31. The maximum atomic E-state index is 6.06. The zero-order valence-corrected chi connectivity index (χ0v) is 12.5. The fourth-order valence-corrected chi connectivity index (χ4v) is 2.53. The van der Waals surface area contributed by atoms with Crippen molar-refractivity contribution < 1.29 is 0 Å². The van der Waals surface area contributed by atoms with Gasteiger partial charge in [-0.3, -0.25) is 4.98 Å². The summed E-state index contributed by atoms with van der Waals surface area (Å²) in [7, 11) is 4.07. The van der Waals surface area contributed by atoms with Crippen LogP contribution >= 0.6 is 0 Å². The van der Waals surface area contributed by atoms with E-state index in [1.54, 1.807) is 0 Å². The van der Waals surface area contributed by atoms with Gasteiger partial charge in [0.05, 0.1) is 6.54 Å². The van der Waals surface area contributed by atoms with Gasteiger partial charge in [0.25, 0.3) is 0 Å². The summed E-state index contributed by atoms with van der Waals surface area (Å²) in [4.78, 5) is 10.9. The van der Waals surface area contributed by atoms with Crippen molar-refractivity contribution in [2.75, 3.05) is 17.7 Å². The summed E-state index contributed by atoms with van der Waals surface area (Å²) in [5.41, 5.74) is 8.93. The van der Waals surface area contributed by atoms with Crippen LogP contribution in [0, 0.1) is 6.92 Å². The van der Waals surface area contributed by atoms with Crippen LogP contribution in [0.2, 0.25) is 0 Å². The number of imidazole rings is 1. The van der Waals surface area contributed by atoms with Crippen LogP contribution < -0.4 is 10.6 Å². The van der Waals surface area contributed by atoms with E-state index in [9.17, 15) is 0 Å². The van der Waals surface area contributed by atoms with Gasteiger partial charge in [-0.1, -0.05) is 0 Å². The molecule has 0 aliphatic heterocycles. The zero-order valence-electron chi connectivity index (χ0n) is 12.5. The second-order valence-corrected chi connectivity index (χ2v) is 5.36. The molecule has 0 saturated carbocycles. The number of aromatic nitrogens is 3. The Morgan fingerprint density at radius 1 is 1.24 bits per heavy atom. The van der Waals surface area contributed by atoms with Crippen molar-refractivity contribution in [3.8, 4) is 0 Å². The van der Waals surface area contributed by atoms with Crippen molar-refractivity contribution in [1.82, 2.24) is 14.5 Å². The topological polar surface area (TPSA) is 60.0 Å². The normalized spacial score (nSPS) is 11.0. The second-order valence-electron chi connectivity index (χ2n) is 5.36. The molecule has 0 amide bonds. The highest BCUT2D eigenvalue weighted by atomic mass is 15.2. The third-order valence-corrected chi connectivity index (χ3v) is 3.76. The number of pyridine rings is 1. The number of nitrogens with two attached hydrogens (primary N) is 1. The van der Waals surface area contributed by atoms with Gasteiger partial charge < -0.3 is 15.2 Å². The molecule has 1 aromatic carbocycles. The van der Waals surface area contributed by atoms with E-state index in [-0.39, 0.29) is 0 Å². The van der Waals surface area contributed by atoms with E-state index < -0.39 is 0 Å². The lowest BCUT2D eigenvalue weighted by atomic mass is 10.1. The van der Waals surface area contributed by atoms with Crippen LogP contribution in [0.3, 0.4) is 0 Å². The minimum absolute atomic E-state index is 0.740. The Morgan fingerprint density at radius 3 is 2.76 bits per heavy atom. The number of fused-ring (bicyclic) bond motifs is 1. The van der Waals surface area contributed by atoms with Crippen molar-refractivity contribution in [3.05, 3.63) is 48.3 Å². The van der Waals surface area contributed by atoms with Gasteiger partial charge in [-0.05, 0) is 25.1 Å². The quantitative estimate of drug-likeness (QED) is 0.749. The number of nitrogen functional groups attached to an aromatic ring is 1. The molecule has 0 radical (unpaired) electrons. The van der Waals surface area contributed by atoms with Gasteiger partial charge in [0.1, 0.15) is 5.82 Å². The van der Waals surface area contributed by atoms with E-state index >= 15 is 0 Å². The van der Waals surface area contributed by atoms with Gasteiger partial charge in [0.2, 0.25) is 0 Å². The minimum atomic E-state index is 0.740. The van der Waals surface area contributed by atoms with Crippen LogP contribution in [-0.4, -0.2) is 21.6 Å². The van der Waals surface area contributed by atoms with Gasteiger partial charge >= 0.3 is 0 Å². The summed E-state index contributed by atoms with van der Waals surface area (Å²) < 4.78 is 2.03. The van der Waals surface area contributed by atoms with Crippen molar-refractivity contribution in [2.45, 2.75) is 13.5 Å². The maximum absolute atomic E-state index is 6.06. The predicted octanol–water partition coefficient (Wildman–Crippen LogP) is 2.50. The first-order valence-electron chi connectivity index (χ1n) is 6.88. The Labute approximate surface area is 124 Å². The Balaban J connectivity index is 2.05. The molecule has 0 spiro atoms. The molecule has 2 N–H and O–H groups in total. The standard InChI is InChI=1S/C16H19N5/c1-11-8-12-13(9-19-11)14(17)4-5-15(12)21(3)10-16-18-6-7-20(16)2/h4-9H,10,17H2,1-3H3. The largest absolute Gasteiger partial charge is 0.398 e. The van der Waals surface area contributed by atoms with Gasteiger partial charge in [-0.15, -0.1) is 0 Å². The van der Waals surface area contributed by atoms with Crippen LogP contribution in [0.4, 0.5) is 11.4 Å². The third kappa shape index (κ3) is 2.42. The number of anilines is 2. The van der Waals surface area contributed by atoms with Crippen molar-refractivity contribution in [1.29, 1.82) is 0 Å². The van der Waals surface area contributed by atoms with E-state index in [0.29, 0.717) is 0 Å². The summed E-state index contributed by atoms with van der Waals surface area (Å²) in [6.07, 6.45) is 5.62. The average Bonchev–Trinajstić information content (AvgIpc) is 2.84. The first-order valence-corrected chi connectivity index (χ1v) is 6.88. The van der Waals surface area contributed by atoms with Gasteiger partial charge in [0.15, 0.2) is 0 Å². The SMILES string of the molecule is Cc1cc2c(N(C)Cc3nccn3C)ccc(N)c2cn1. The predicted molar refractivity (Wildman–Crippen MR) is 86.2 cm³/mol. The first-order chi connectivity index (χ1) is 10.1. The van der Waals surface area contributed by atoms with Crippen LogP contribution in [0.15, 0.2) is 36.8 Å². The van der Waals surface area contributed by atoms with E-state index in [4.69, 9.17) is 5.73 Å². The Bertz CT molecular complexity index is 790. The highest BCUT2D eigenvalue weighted by Gasteiger charge is 2.11. The monoisotopic (exact) mass is 281 g/mol. The lowest BCUT2D eigenvalue weighted by Gasteiger charge is -2.21. The number of benzene rings is 1. The van der Waals surface area contributed by atoms with Gasteiger partial charge in [-0.25, -0.2) is 4.98 Å². The molecule has 0 bridgehead atoms. The minimum Gasteiger partial charge on any atom is -0.398 e. The highest BCUT2D eigenvalue weighted by molar-refractivity contribution is 6.01. The molecular weight excluding hydrogens is 262 g/mol. The molecule has 0 atom stereocenters. The molecule has 0 fully saturated rings. The number of hydrogen-bond donors (Lipinski definition) is 1. The Hall–Kier alpha value is -2.56. The summed E-state index contributed by atoms with van der Waals surface area (Å²) in [6.45, 7) is 2.73. The number of hydrogen-bond acceptors (Lipinski definition) is 4. The van der Waals surface area contributed by atoms with Crippen molar-refractivity contribution in [3.63, 3.8) is 0 Å². The molecule has 108 valence electrons. The summed E-state index contributed by atoms with van der Waals surface area (Å²) in [5.74, 6) is 1.02.